The van der Waals surface area contributed by atoms with Crippen LogP contribution in [0.15, 0.2) is 30.3 Å². The van der Waals surface area contributed by atoms with E-state index in [0.29, 0.717) is 30.3 Å². The van der Waals surface area contributed by atoms with Crippen LogP contribution in [0.1, 0.15) is 32.1 Å². The van der Waals surface area contributed by atoms with Crippen molar-refractivity contribution in [1.82, 2.24) is 0 Å². The number of para-hydroxylation sites is 1. The van der Waals surface area contributed by atoms with E-state index < -0.39 is 0 Å². The van der Waals surface area contributed by atoms with Gasteiger partial charge in [-0.1, -0.05) is 36.8 Å². The molecular weight excluding hydrogens is 256 g/mol. The van der Waals surface area contributed by atoms with Gasteiger partial charge >= 0.3 is 0 Å². The van der Waals surface area contributed by atoms with E-state index in [9.17, 15) is 4.79 Å². The third-order valence-electron chi connectivity index (χ3n) is 3.64. The summed E-state index contributed by atoms with van der Waals surface area (Å²) < 4.78 is 0. The summed E-state index contributed by atoms with van der Waals surface area (Å²) in [7, 11) is 0. The first-order chi connectivity index (χ1) is 9.16. The average molecular weight is 276 g/mol. The van der Waals surface area contributed by atoms with Crippen molar-refractivity contribution in [3.63, 3.8) is 0 Å². The zero-order chi connectivity index (χ0) is 13.7. The lowest BCUT2D eigenvalue weighted by Crippen LogP contribution is -2.35. The first kappa shape index (κ1) is 14.0. The molecule has 0 aliphatic heterocycles. The van der Waals surface area contributed by atoms with Crippen molar-refractivity contribution in [3.05, 3.63) is 30.3 Å². The topological polar surface area (TPSA) is 46.3 Å². The normalized spacial score (nSPS) is 14.7. The van der Waals surface area contributed by atoms with Gasteiger partial charge in [-0.25, -0.2) is 0 Å². The second-order valence-electron chi connectivity index (χ2n) is 5.10. The minimum absolute atomic E-state index is 0.187. The zero-order valence-corrected chi connectivity index (χ0v) is 11.9. The van der Waals surface area contributed by atoms with Gasteiger partial charge in [0.05, 0.1) is 4.99 Å². The van der Waals surface area contributed by atoms with Gasteiger partial charge in [0.15, 0.2) is 0 Å². The number of hydrogen-bond acceptors (Lipinski definition) is 2. The van der Waals surface area contributed by atoms with Crippen LogP contribution in [0.25, 0.3) is 0 Å². The molecule has 0 heterocycles. The number of carbonyl (C=O) groups excluding carboxylic acids is 1. The van der Waals surface area contributed by atoms with E-state index in [2.05, 4.69) is 0 Å². The van der Waals surface area contributed by atoms with Gasteiger partial charge in [0.2, 0.25) is 5.91 Å². The predicted octanol–water partition coefficient (Wildman–Crippen LogP) is 2.89. The molecule has 4 heteroatoms. The summed E-state index contributed by atoms with van der Waals surface area (Å²) in [6.07, 6.45) is 4.84. The fourth-order valence-electron chi connectivity index (χ4n) is 2.28. The molecule has 0 radical (unpaired) electrons. The van der Waals surface area contributed by atoms with E-state index in [4.69, 9.17) is 18.0 Å². The molecule has 1 amide bonds. The number of thiocarbonyl (C=S) groups is 1. The molecule has 1 aliphatic carbocycles. The van der Waals surface area contributed by atoms with Crippen molar-refractivity contribution in [2.75, 3.05) is 11.4 Å². The fraction of sp³-hybridized carbons (Fsp3) is 0.467. The molecule has 19 heavy (non-hydrogen) atoms. The molecule has 1 aromatic carbocycles. The quantitative estimate of drug-likeness (QED) is 0.813. The number of benzene rings is 1. The van der Waals surface area contributed by atoms with Crippen molar-refractivity contribution in [3.8, 4) is 0 Å². The van der Waals surface area contributed by atoms with Gasteiger partial charge in [0, 0.05) is 25.1 Å². The predicted molar refractivity (Wildman–Crippen MR) is 82.2 cm³/mol. The highest BCUT2D eigenvalue weighted by Crippen LogP contribution is 2.30. The van der Waals surface area contributed by atoms with Gasteiger partial charge in [-0.05, 0) is 30.9 Å². The van der Waals surface area contributed by atoms with E-state index in [-0.39, 0.29) is 5.91 Å². The lowest BCUT2D eigenvalue weighted by molar-refractivity contribution is -0.120. The van der Waals surface area contributed by atoms with Crippen molar-refractivity contribution in [1.29, 1.82) is 0 Å². The molecule has 1 saturated carbocycles. The summed E-state index contributed by atoms with van der Waals surface area (Å²) >= 11 is 4.91. The van der Waals surface area contributed by atoms with Crippen LogP contribution >= 0.6 is 12.2 Å². The second kappa shape index (κ2) is 6.66. The van der Waals surface area contributed by atoms with Gasteiger partial charge in [-0.2, -0.15) is 0 Å². The Morgan fingerprint density at radius 1 is 1.32 bits per heavy atom. The minimum atomic E-state index is 0.187. The maximum Gasteiger partial charge on any atom is 0.227 e. The summed E-state index contributed by atoms with van der Waals surface area (Å²) in [6.45, 7) is 0.574. The Morgan fingerprint density at radius 2 is 2.00 bits per heavy atom. The Labute approximate surface area is 119 Å². The molecule has 1 aliphatic rings. The zero-order valence-electron chi connectivity index (χ0n) is 11.0. The van der Waals surface area contributed by atoms with Crippen LogP contribution in [0, 0.1) is 5.92 Å². The van der Waals surface area contributed by atoms with Crippen molar-refractivity contribution >= 4 is 28.8 Å². The van der Waals surface area contributed by atoms with E-state index in [1.54, 1.807) is 0 Å². The summed E-state index contributed by atoms with van der Waals surface area (Å²) in [5.41, 5.74) is 6.48. The first-order valence-corrected chi connectivity index (χ1v) is 7.21. The molecular formula is C15H20N2OS. The molecule has 102 valence electrons. The van der Waals surface area contributed by atoms with Gasteiger partial charge in [-0.3, -0.25) is 4.79 Å². The Balaban J connectivity index is 2.04. The number of carbonyl (C=O) groups is 1. The highest BCUT2D eigenvalue weighted by molar-refractivity contribution is 7.80. The van der Waals surface area contributed by atoms with Crippen LogP contribution in [-0.4, -0.2) is 17.4 Å². The smallest absolute Gasteiger partial charge is 0.227 e. The van der Waals surface area contributed by atoms with Crippen LogP contribution in [0.2, 0.25) is 0 Å². The highest BCUT2D eigenvalue weighted by atomic mass is 32.1. The molecule has 0 atom stereocenters. The van der Waals surface area contributed by atoms with Gasteiger partial charge in [-0.15, -0.1) is 0 Å². The van der Waals surface area contributed by atoms with Gasteiger partial charge < -0.3 is 10.6 Å². The van der Waals surface area contributed by atoms with E-state index in [1.165, 1.54) is 19.3 Å². The largest absolute Gasteiger partial charge is 0.393 e. The third kappa shape index (κ3) is 4.03. The molecule has 1 aromatic rings. The van der Waals surface area contributed by atoms with Crippen LogP contribution in [-0.2, 0) is 4.79 Å². The Bertz CT molecular complexity index is 443. The summed E-state index contributed by atoms with van der Waals surface area (Å²) in [5.74, 6) is 0.760. The second-order valence-corrected chi connectivity index (χ2v) is 5.62. The average Bonchev–Trinajstić information content (AvgIpc) is 2.35. The molecule has 0 spiro atoms. The molecule has 2 rings (SSSR count). The molecule has 2 N–H and O–H groups in total. The van der Waals surface area contributed by atoms with Crippen LogP contribution in [0.5, 0.6) is 0 Å². The summed E-state index contributed by atoms with van der Waals surface area (Å²) in [4.78, 5) is 14.7. The molecule has 1 fully saturated rings. The summed E-state index contributed by atoms with van der Waals surface area (Å²) in [6, 6.07) is 9.75. The number of hydrogen-bond donors (Lipinski definition) is 1. The maximum absolute atomic E-state index is 12.4. The van der Waals surface area contributed by atoms with Crippen molar-refractivity contribution in [2.24, 2.45) is 11.7 Å². The Morgan fingerprint density at radius 3 is 2.53 bits per heavy atom. The Kier molecular flexibility index (Phi) is 4.91. The monoisotopic (exact) mass is 276 g/mol. The van der Waals surface area contributed by atoms with Crippen LogP contribution < -0.4 is 10.6 Å². The van der Waals surface area contributed by atoms with Crippen LogP contribution in [0.4, 0.5) is 5.69 Å². The molecule has 0 unspecified atom stereocenters. The SMILES string of the molecule is NC(=S)CCN(C(=O)CC1CCC1)c1ccccc1. The number of rotatable bonds is 6. The lowest BCUT2D eigenvalue weighted by atomic mass is 9.82. The Hall–Kier alpha value is -1.42. The fourth-order valence-corrected chi connectivity index (χ4v) is 2.37. The molecule has 0 saturated heterocycles. The molecule has 0 aromatic heterocycles. The lowest BCUT2D eigenvalue weighted by Gasteiger charge is -2.29. The molecule has 3 nitrogen and oxygen atoms in total. The third-order valence-corrected chi connectivity index (χ3v) is 3.84. The van der Waals surface area contributed by atoms with E-state index in [1.807, 2.05) is 35.2 Å². The van der Waals surface area contributed by atoms with Crippen molar-refractivity contribution < 1.29 is 4.79 Å². The van der Waals surface area contributed by atoms with E-state index >= 15 is 0 Å². The highest BCUT2D eigenvalue weighted by Gasteiger charge is 2.24. The molecule has 0 bridgehead atoms. The first-order valence-electron chi connectivity index (χ1n) is 6.80. The number of anilines is 1. The standard InChI is InChI=1S/C15H20N2OS/c16-14(19)9-10-17(13-7-2-1-3-8-13)15(18)11-12-5-4-6-12/h1-3,7-8,12H,4-6,9-11H2,(H2,16,19). The maximum atomic E-state index is 12.4. The van der Waals surface area contributed by atoms with E-state index in [0.717, 1.165) is 5.69 Å². The van der Waals surface area contributed by atoms with Crippen molar-refractivity contribution in [2.45, 2.75) is 32.1 Å². The summed E-state index contributed by atoms with van der Waals surface area (Å²) in [5, 5.41) is 0. The number of amides is 1. The number of nitrogens with two attached hydrogens (primary N) is 1. The minimum Gasteiger partial charge on any atom is -0.393 e. The van der Waals surface area contributed by atoms with Gasteiger partial charge in [0.1, 0.15) is 0 Å². The van der Waals surface area contributed by atoms with Crippen LogP contribution in [0.3, 0.4) is 0 Å². The number of nitrogens with zero attached hydrogens (tertiary/aromatic N) is 1. The van der Waals surface area contributed by atoms with Gasteiger partial charge in [0.25, 0.3) is 0 Å².